The molecule has 2 aromatic rings. The lowest BCUT2D eigenvalue weighted by Gasteiger charge is -2.28. The van der Waals surface area contributed by atoms with E-state index in [0.29, 0.717) is 30.6 Å². The fourth-order valence-corrected chi connectivity index (χ4v) is 4.13. The van der Waals surface area contributed by atoms with Crippen LogP contribution in [0.1, 0.15) is 44.5 Å². The summed E-state index contributed by atoms with van der Waals surface area (Å²) in [5.74, 6) is 3.24. The number of amides is 1. The lowest BCUT2D eigenvalue weighted by Crippen LogP contribution is -2.32. The van der Waals surface area contributed by atoms with Gasteiger partial charge in [0.15, 0.2) is 18.1 Å². The number of aromatic nitrogens is 2. The van der Waals surface area contributed by atoms with Gasteiger partial charge >= 0.3 is 0 Å². The fraction of sp³-hybridized carbons (Fsp3) is 0.542. The maximum Gasteiger partial charge on any atom is 0.258 e. The summed E-state index contributed by atoms with van der Waals surface area (Å²) in [4.78, 5) is 23.4. The first-order valence-electron chi connectivity index (χ1n) is 11.3. The van der Waals surface area contributed by atoms with Crippen LogP contribution in [-0.2, 0) is 11.2 Å². The summed E-state index contributed by atoms with van der Waals surface area (Å²) in [6.07, 6.45) is 4.46. The van der Waals surface area contributed by atoms with Gasteiger partial charge in [-0.15, -0.1) is 0 Å². The molecule has 8 nitrogen and oxygen atoms in total. The van der Waals surface area contributed by atoms with Crippen LogP contribution in [0.5, 0.6) is 17.4 Å². The summed E-state index contributed by atoms with van der Waals surface area (Å²) in [7, 11) is 0. The number of hydrogen-bond acceptors (Lipinski definition) is 7. The number of piperidine rings is 1. The number of benzene rings is 1. The van der Waals surface area contributed by atoms with Crippen LogP contribution < -0.4 is 24.4 Å². The predicted molar refractivity (Wildman–Crippen MR) is 122 cm³/mol. The third kappa shape index (κ3) is 5.60. The number of aryl methyl sites for hydroxylation is 1. The van der Waals surface area contributed by atoms with Gasteiger partial charge in [-0.3, -0.25) is 4.79 Å². The van der Waals surface area contributed by atoms with Crippen molar-refractivity contribution in [1.29, 1.82) is 0 Å². The number of fused-ring (bicyclic) bond motifs is 1. The van der Waals surface area contributed by atoms with Gasteiger partial charge in [-0.1, -0.05) is 12.1 Å². The quantitative estimate of drug-likeness (QED) is 0.632. The highest BCUT2D eigenvalue weighted by Gasteiger charge is 2.32. The minimum Gasteiger partial charge on any atom is -0.483 e. The van der Waals surface area contributed by atoms with E-state index in [4.69, 9.17) is 14.2 Å². The average Bonchev–Trinajstić information content (AvgIpc) is 3.10. The van der Waals surface area contributed by atoms with Crippen molar-refractivity contribution in [2.75, 3.05) is 37.7 Å². The van der Waals surface area contributed by atoms with Crippen molar-refractivity contribution >= 4 is 11.7 Å². The molecule has 0 unspecified atom stereocenters. The van der Waals surface area contributed by atoms with E-state index >= 15 is 0 Å². The number of rotatable bonds is 8. The van der Waals surface area contributed by atoms with Crippen LogP contribution >= 0.6 is 0 Å². The van der Waals surface area contributed by atoms with Gasteiger partial charge in [0, 0.05) is 31.1 Å². The summed E-state index contributed by atoms with van der Waals surface area (Å²) < 4.78 is 17.5. The minimum atomic E-state index is -0.255. The van der Waals surface area contributed by atoms with Gasteiger partial charge in [0.1, 0.15) is 23.9 Å². The van der Waals surface area contributed by atoms with Crippen LogP contribution in [-0.4, -0.2) is 54.3 Å². The monoisotopic (exact) mass is 440 g/mol. The van der Waals surface area contributed by atoms with Crippen molar-refractivity contribution in [1.82, 2.24) is 15.3 Å². The Morgan fingerprint density at radius 2 is 2.00 bits per heavy atom. The van der Waals surface area contributed by atoms with Crippen molar-refractivity contribution in [2.45, 2.75) is 52.1 Å². The van der Waals surface area contributed by atoms with E-state index < -0.39 is 0 Å². The third-order valence-electron chi connectivity index (χ3n) is 5.57. The van der Waals surface area contributed by atoms with Crippen LogP contribution in [0, 0.1) is 6.92 Å². The van der Waals surface area contributed by atoms with Crippen molar-refractivity contribution in [2.24, 2.45) is 0 Å². The third-order valence-corrected chi connectivity index (χ3v) is 5.57. The SMILES string of the molecule is Cc1nc(OCCNC(=O)COc2cccc3c2OC(C)(C)C3)cc(N2CCCCC2)n1. The molecule has 0 radical (unpaired) electrons. The number of carbonyl (C=O) groups excluding carboxylic acids is 1. The van der Waals surface area contributed by atoms with Crippen LogP contribution in [0.15, 0.2) is 24.3 Å². The Morgan fingerprint density at radius 3 is 2.81 bits per heavy atom. The highest BCUT2D eigenvalue weighted by Crippen LogP contribution is 2.41. The molecule has 3 heterocycles. The highest BCUT2D eigenvalue weighted by molar-refractivity contribution is 5.77. The molecule has 0 spiro atoms. The molecule has 1 amide bonds. The van der Waals surface area contributed by atoms with E-state index in [1.807, 2.05) is 45.0 Å². The number of nitrogens with one attached hydrogen (secondary N) is 1. The van der Waals surface area contributed by atoms with Crippen molar-refractivity contribution in [3.8, 4) is 17.4 Å². The first-order valence-corrected chi connectivity index (χ1v) is 11.3. The molecule has 1 aromatic heterocycles. The zero-order chi connectivity index (χ0) is 22.6. The summed E-state index contributed by atoms with van der Waals surface area (Å²) in [5, 5.41) is 2.82. The van der Waals surface area contributed by atoms with Crippen molar-refractivity contribution in [3.05, 3.63) is 35.7 Å². The van der Waals surface area contributed by atoms with E-state index in [-0.39, 0.29) is 18.1 Å². The van der Waals surface area contributed by atoms with Gasteiger partial charge in [0.25, 0.3) is 5.91 Å². The Kier molecular flexibility index (Phi) is 6.67. The molecule has 4 rings (SSSR count). The number of hydrogen-bond donors (Lipinski definition) is 1. The van der Waals surface area contributed by atoms with E-state index in [9.17, 15) is 4.79 Å². The van der Waals surface area contributed by atoms with Crippen LogP contribution in [0.4, 0.5) is 5.82 Å². The molecule has 1 aromatic carbocycles. The Hall–Kier alpha value is -3.03. The van der Waals surface area contributed by atoms with Gasteiger partial charge in [-0.2, -0.15) is 4.98 Å². The molecule has 0 saturated carbocycles. The Bertz CT molecular complexity index is 957. The van der Waals surface area contributed by atoms with E-state index in [1.165, 1.54) is 19.3 Å². The van der Waals surface area contributed by atoms with Gasteiger partial charge < -0.3 is 24.4 Å². The summed E-state index contributed by atoms with van der Waals surface area (Å²) in [5.41, 5.74) is 0.847. The molecule has 2 aliphatic heterocycles. The average molecular weight is 441 g/mol. The first-order chi connectivity index (χ1) is 15.4. The smallest absolute Gasteiger partial charge is 0.258 e. The van der Waals surface area contributed by atoms with E-state index in [0.717, 1.165) is 36.6 Å². The Labute approximate surface area is 189 Å². The van der Waals surface area contributed by atoms with Gasteiger partial charge in [-0.25, -0.2) is 4.98 Å². The van der Waals surface area contributed by atoms with E-state index in [1.54, 1.807) is 0 Å². The molecule has 32 heavy (non-hydrogen) atoms. The van der Waals surface area contributed by atoms with Gasteiger partial charge in [-0.05, 0) is 46.1 Å². The standard InChI is InChI=1S/C24H32N4O4/c1-17-26-20(28-11-5-4-6-12-28)14-22(27-17)30-13-10-25-21(29)16-31-19-9-7-8-18-15-24(2,3)32-23(18)19/h7-9,14H,4-6,10-13,15-16H2,1-3H3,(H,25,29). The Morgan fingerprint density at radius 1 is 1.19 bits per heavy atom. The molecule has 172 valence electrons. The second-order valence-corrected chi connectivity index (χ2v) is 8.93. The fourth-order valence-electron chi connectivity index (χ4n) is 4.13. The minimum absolute atomic E-state index is 0.0774. The topological polar surface area (TPSA) is 85.8 Å². The Balaban J connectivity index is 1.22. The summed E-state index contributed by atoms with van der Waals surface area (Å²) in [6, 6.07) is 7.65. The zero-order valence-electron chi connectivity index (χ0n) is 19.1. The molecule has 0 bridgehead atoms. The molecule has 1 saturated heterocycles. The molecule has 8 heteroatoms. The highest BCUT2D eigenvalue weighted by atomic mass is 16.5. The predicted octanol–water partition coefficient (Wildman–Crippen LogP) is 3.06. The number of ether oxygens (including phenoxy) is 3. The molecule has 0 atom stereocenters. The molecule has 1 fully saturated rings. The van der Waals surface area contributed by atoms with Crippen LogP contribution in [0.2, 0.25) is 0 Å². The van der Waals surface area contributed by atoms with Crippen molar-refractivity contribution < 1.29 is 19.0 Å². The van der Waals surface area contributed by atoms with Crippen molar-refractivity contribution in [3.63, 3.8) is 0 Å². The summed E-state index contributed by atoms with van der Waals surface area (Å²) in [6.45, 7) is 8.57. The number of carbonyl (C=O) groups is 1. The van der Waals surface area contributed by atoms with E-state index in [2.05, 4.69) is 20.2 Å². The summed E-state index contributed by atoms with van der Waals surface area (Å²) >= 11 is 0. The second-order valence-electron chi connectivity index (χ2n) is 8.93. The molecular weight excluding hydrogens is 408 g/mol. The number of para-hydroxylation sites is 1. The van der Waals surface area contributed by atoms with Gasteiger partial charge in [0.2, 0.25) is 5.88 Å². The lowest BCUT2D eigenvalue weighted by atomic mass is 10.0. The number of nitrogens with zero attached hydrogens (tertiary/aromatic N) is 3. The molecular formula is C24H32N4O4. The first kappa shape index (κ1) is 22.2. The van der Waals surface area contributed by atoms with Crippen LogP contribution in [0.3, 0.4) is 0 Å². The maximum atomic E-state index is 12.2. The maximum absolute atomic E-state index is 12.2. The van der Waals surface area contributed by atoms with Gasteiger partial charge in [0.05, 0.1) is 6.54 Å². The second kappa shape index (κ2) is 9.63. The number of anilines is 1. The zero-order valence-corrected chi connectivity index (χ0v) is 19.1. The van der Waals surface area contributed by atoms with Crippen LogP contribution in [0.25, 0.3) is 0 Å². The molecule has 2 aliphatic rings. The molecule has 1 N–H and O–H groups in total. The normalized spacial score (nSPS) is 16.8. The lowest BCUT2D eigenvalue weighted by molar-refractivity contribution is -0.123. The largest absolute Gasteiger partial charge is 0.483 e. The molecule has 0 aliphatic carbocycles.